The van der Waals surface area contributed by atoms with Crippen LogP contribution in [0.15, 0.2) is 88.9 Å². The second-order valence-corrected chi connectivity index (χ2v) is 8.79. The van der Waals surface area contributed by atoms with Crippen LogP contribution < -0.4 is 4.74 Å². The third-order valence-corrected chi connectivity index (χ3v) is 6.74. The first-order chi connectivity index (χ1) is 14.0. The van der Waals surface area contributed by atoms with Crippen molar-refractivity contribution in [2.24, 2.45) is 5.10 Å². The number of ether oxygens (including phenoxy) is 1. The summed E-state index contributed by atoms with van der Waals surface area (Å²) in [6.07, 6.45) is 0.501. The van der Waals surface area contributed by atoms with E-state index >= 15 is 0 Å². The highest BCUT2D eigenvalue weighted by atomic mass is 32.2. The van der Waals surface area contributed by atoms with Crippen molar-refractivity contribution in [2.75, 3.05) is 7.11 Å². The summed E-state index contributed by atoms with van der Waals surface area (Å²) in [4.78, 5) is 0.240. The highest BCUT2D eigenvalue weighted by Crippen LogP contribution is 2.37. The van der Waals surface area contributed by atoms with Gasteiger partial charge in [0, 0.05) is 6.42 Å². The average Bonchev–Trinajstić information content (AvgIpc) is 3.21. The van der Waals surface area contributed by atoms with E-state index in [0.717, 1.165) is 28.2 Å². The van der Waals surface area contributed by atoms with Gasteiger partial charge in [-0.2, -0.15) is 17.9 Å². The van der Waals surface area contributed by atoms with Gasteiger partial charge in [0.25, 0.3) is 10.0 Å². The molecule has 0 amide bonds. The molecule has 0 saturated carbocycles. The van der Waals surface area contributed by atoms with E-state index in [1.807, 2.05) is 61.5 Å². The first-order valence-corrected chi connectivity index (χ1v) is 10.8. The van der Waals surface area contributed by atoms with Crippen LogP contribution in [-0.4, -0.2) is 25.7 Å². The number of sulfonamides is 1. The molecule has 1 aliphatic rings. The molecule has 0 aromatic heterocycles. The van der Waals surface area contributed by atoms with Crippen LogP contribution in [0, 0.1) is 6.92 Å². The first kappa shape index (κ1) is 19.2. The summed E-state index contributed by atoms with van der Waals surface area (Å²) < 4.78 is 33.3. The fourth-order valence-corrected chi connectivity index (χ4v) is 4.84. The summed E-state index contributed by atoms with van der Waals surface area (Å²) in [5.74, 6) is 0.746. The molecule has 1 heterocycles. The fourth-order valence-electron chi connectivity index (χ4n) is 3.41. The zero-order valence-corrected chi connectivity index (χ0v) is 17.1. The maximum atomic E-state index is 13.4. The van der Waals surface area contributed by atoms with Crippen molar-refractivity contribution < 1.29 is 13.2 Å². The molecule has 5 nitrogen and oxygen atoms in total. The summed E-state index contributed by atoms with van der Waals surface area (Å²) >= 11 is 0. The monoisotopic (exact) mass is 406 g/mol. The van der Waals surface area contributed by atoms with Gasteiger partial charge >= 0.3 is 0 Å². The minimum atomic E-state index is -3.79. The van der Waals surface area contributed by atoms with Gasteiger partial charge in [-0.1, -0.05) is 48.0 Å². The molecular weight excluding hydrogens is 384 g/mol. The zero-order chi connectivity index (χ0) is 20.4. The van der Waals surface area contributed by atoms with Crippen LogP contribution >= 0.6 is 0 Å². The Labute approximate surface area is 171 Å². The Hall–Kier alpha value is -3.12. The van der Waals surface area contributed by atoms with Gasteiger partial charge in [0.1, 0.15) is 5.75 Å². The predicted molar refractivity (Wildman–Crippen MR) is 114 cm³/mol. The average molecular weight is 407 g/mol. The molecule has 0 fully saturated rings. The van der Waals surface area contributed by atoms with E-state index in [1.165, 1.54) is 4.41 Å². The fraction of sp³-hybridized carbons (Fsp3) is 0.174. The number of aryl methyl sites for hydroxylation is 1. The van der Waals surface area contributed by atoms with Crippen molar-refractivity contribution in [1.82, 2.24) is 4.41 Å². The lowest BCUT2D eigenvalue weighted by Crippen LogP contribution is -2.27. The van der Waals surface area contributed by atoms with Gasteiger partial charge in [-0.25, -0.2) is 0 Å². The van der Waals surface area contributed by atoms with Crippen molar-refractivity contribution in [3.8, 4) is 5.75 Å². The molecule has 0 bridgehead atoms. The lowest BCUT2D eigenvalue weighted by atomic mass is 9.99. The van der Waals surface area contributed by atoms with E-state index < -0.39 is 10.0 Å². The van der Waals surface area contributed by atoms with Gasteiger partial charge in [0.15, 0.2) is 0 Å². The van der Waals surface area contributed by atoms with E-state index in [4.69, 9.17) is 4.74 Å². The van der Waals surface area contributed by atoms with Gasteiger partial charge in [-0.3, -0.25) is 0 Å². The van der Waals surface area contributed by atoms with Gasteiger partial charge in [0.2, 0.25) is 0 Å². The second kappa shape index (κ2) is 7.72. The molecule has 0 radical (unpaired) electrons. The molecule has 4 rings (SSSR count). The Balaban J connectivity index is 1.77. The molecule has 1 atom stereocenters. The first-order valence-electron chi connectivity index (χ1n) is 9.37. The number of rotatable bonds is 5. The molecule has 1 aliphatic heterocycles. The highest BCUT2D eigenvalue weighted by molar-refractivity contribution is 7.89. The van der Waals surface area contributed by atoms with Gasteiger partial charge in [0.05, 0.1) is 23.8 Å². The SMILES string of the molecule is COc1ccc(C2=NN(S(=O)(=O)c3ccc(C)cc3)C(c3ccccc3)C2)cc1. The van der Waals surface area contributed by atoms with Gasteiger partial charge < -0.3 is 4.74 Å². The molecule has 0 spiro atoms. The van der Waals surface area contributed by atoms with E-state index in [1.54, 1.807) is 31.4 Å². The molecule has 148 valence electrons. The topological polar surface area (TPSA) is 59.0 Å². The Morgan fingerprint density at radius 1 is 0.931 bits per heavy atom. The van der Waals surface area contributed by atoms with E-state index in [2.05, 4.69) is 5.10 Å². The maximum absolute atomic E-state index is 13.4. The second-order valence-electron chi connectivity index (χ2n) is 7.00. The molecular formula is C23H22N2O3S. The summed E-state index contributed by atoms with van der Waals surface area (Å²) in [7, 11) is -2.17. The Morgan fingerprint density at radius 2 is 1.59 bits per heavy atom. The molecule has 0 aliphatic carbocycles. The lowest BCUT2D eigenvalue weighted by molar-refractivity contribution is 0.371. The molecule has 1 unspecified atom stereocenters. The number of methoxy groups -OCH3 is 1. The molecule has 0 N–H and O–H groups in total. The number of hydrogen-bond acceptors (Lipinski definition) is 4. The van der Waals surface area contributed by atoms with Crippen LogP contribution in [0.25, 0.3) is 0 Å². The third kappa shape index (κ3) is 3.76. The van der Waals surface area contributed by atoms with Crippen LogP contribution in [0.5, 0.6) is 5.75 Å². The third-order valence-electron chi connectivity index (χ3n) is 5.05. The number of nitrogens with zero attached hydrogens (tertiary/aromatic N) is 2. The molecule has 6 heteroatoms. The summed E-state index contributed by atoms with van der Waals surface area (Å²) in [5.41, 5.74) is 3.54. The lowest BCUT2D eigenvalue weighted by Gasteiger charge is -2.23. The smallest absolute Gasteiger partial charge is 0.279 e. The highest BCUT2D eigenvalue weighted by Gasteiger charge is 2.37. The van der Waals surface area contributed by atoms with E-state index in [9.17, 15) is 8.42 Å². The van der Waals surface area contributed by atoms with Crippen molar-refractivity contribution >= 4 is 15.7 Å². The zero-order valence-electron chi connectivity index (χ0n) is 16.3. The molecule has 0 saturated heterocycles. The van der Waals surface area contributed by atoms with Gasteiger partial charge in [-0.05, 0) is 54.4 Å². The largest absolute Gasteiger partial charge is 0.497 e. The van der Waals surface area contributed by atoms with E-state index in [-0.39, 0.29) is 10.9 Å². The number of hydrogen-bond donors (Lipinski definition) is 0. The molecule has 3 aromatic carbocycles. The summed E-state index contributed by atoms with van der Waals surface area (Å²) in [6.45, 7) is 1.93. The minimum absolute atomic E-state index is 0.240. The Morgan fingerprint density at radius 3 is 2.21 bits per heavy atom. The summed E-state index contributed by atoms with van der Waals surface area (Å²) in [5, 5.41) is 4.56. The van der Waals surface area contributed by atoms with Crippen LogP contribution in [0.1, 0.15) is 29.2 Å². The standard InChI is InChI=1S/C23H22N2O3S/c1-17-8-14-21(15-9-17)29(26,27)25-23(19-6-4-3-5-7-19)16-22(24-25)18-10-12-20(28-2)13-11-18/h3-15,23H,16H2,1-2H3. The predicted octanol–water partition coefficient (Wildman–Crippen LogP) is 4.54. The van der Waals surface area contributed by atoms with Crippen molar-refractivity contribution in [2.45, 2.75) is 24.3 Å². The molecule has 29 heavy (non-hydrogen) atoms. The number of hydrazone groups is 1. The summed E-state index contributed by atoms with van der Waals surface area (Å²) in [6, 6.07) is 23.6. The van der Waals surface area contributed by atoms with Gasteiger partial charge in [-0.15, -0.1) is 0 Å². The van der Waals surface area contributed by atoms with Crippen molar-refractivity contribution in [1.29, 1.82) is 0 Å². The van der Waals surface area contributed by atoms with Crippen LogP contribution in [0.4, 0.5) is 0 Å². The van der Waals surface area contributed by atoms with Crippen molar-refractivity contribution in [3.05, 3.63) is 95.6 Å². The van der Waals surface area contributed by atoms with Crippen LogP contribution in [0.2, 0.25) is 0 Å². The van der Waals surface area contributed by atoms with Crippen molar-refractivity contribution in [3.63, 3.8) is 0 Å². The number of benzene rings is 3. The van der Waals surface area contributed by atoms with E-state index in [0.29, 0.717) is 6.42 Å². The quantitative estimate of drug-likeness (QED) is 0.625. The Kier molecular flexibility index (Phi) is 5.11. The van der Waals surface area contributed by atoms with Crippen LogP contribution in [0.3, 0.4) is 0 Å². The Bertz CT molecular complexity index is 1120. The maximum Gasteiger partial charge on any atom is 0.279 e. The molecule has 3 aromatic rings. The minimum Gasteiger partial charge on any atom is -0.497 e. The normalized spacial score (nSPS) is 16.6. The van der Waals surface area contributed by atoms with Crippen LogP contribution in [-0.2, 0) is 10.0 Å².